The molecular weight excluding hydrogens is 485 g/mol. The second-order valence-corrected chi connectivity index (χ2v) is 9.15. The van der Waals surface area contributed by atoms with Crippen LogP contribution in [0.5, 0.6) is 0 Å². The Bertz CT molecular complexity index is 1540. The first-order chi connectivity index (χ1) is 18.4. The largest absolute Gasteiger partial charge is 0.480 e. The number of hydrogen-bond donors (Lipinski definition) is 4. The second-order valence-electron chi connectivity index (χ2n) is 9.15. The Morgan fingerprint density at radius 2 is 1.92 bits per heavy atom. The van der Waals surface area contributed by atoms with E-state index < -0.39 is 12.0 Å². The molecule has 0 fully saturated rings. The standard InChI is InChI=1S/C29H28FN5O3/c1-3-19-14-21(30)12-17(2)26(19)33-25(28(36)37)13-18-8-10-20(11-9-18)27-32-22(16-38-27)15-31-29-34-23-6-4-5-7-24(23)35-29/h4-12,14,16,25,33H,3,13,15H2,1-2H3,(H,36,37)(H2,31,34,35). The number of nitrogens with zero attached hydrogens (tertiary/aromatic N) is 2. The molecule has 9 heteroatoms. The Hall–Kier alpha value is -4.66. The first-order valence-corrected chi connectivity index (χ1v) is 12.4. The SMILES string of the molecule is CCc1cc(F)cc(C)c1NC(Cc1ccc(-c2nc(CNc3nc4ccccc4[nH]3)co2)cc1)C(=O)O. The van der Waals surface area contributed by atoms with Gasteiger partial charge >= 0.3 is 5.97 Å². The van der Waals surface area contributed by atoms with E-state index in [1.54, 1.807) is 13.2 Å². The number of hydrogen-bond acceptors (Lipinski definition) is 6. The number of nitrogens with one attached hydrogen (secondary N) is 3. The number of carboxylic acid groups (broad SMARTS) is 1. The number of benzene rings is 3. The zero-order chi connectivity index (χ0) is 26.6. The Morgan fingerprint density at radius 1 is 1.13 bits per heavy atom. The summed E-state index contributed by atoms with van der Waals surface area (Å²) in [4.78, 5) is 24.3. The lowest BCUT2D eigenvalue weighted by Gasteiger charge is -2.20. The average Bonchev–Trinajstić information content (AvgIpc) is 3.55. The van der Waals surface area contributed by atoms with E-state index in [4.69, 9.17) is 4.42 Å². The highest BCUT2D eigenvalue weighted by Crippen LogP contribution is 2.25. The van der Waals surface area contributed by atoms with Crippen LogP contribution in [-0.2, 0) is 24.2 Å². The number of aromatic amines is 1. The van der Waals surface area contributed by atoms with Crippen molar-refractivity contribution in [2.24, 2.45) is 0 Å². The number of oxazole rings is 1. The number of para-hydroxylation sites is 2. The lowest BCUT2D eigenvalue weighted by atomic mass is 10.0. The number of aliphatic carboxylic acids is 1. The molecular formula is C29H28FN5O3. The predicted octanol–water partition coefficient (Wildman–Crippen LogP) is 5.95. The van der Waals surface area contributed by atoms with Crippen molar-refractivity contribution in [2.75, 3.05) is 10.6 Å². The van der Waals surface area contributed by atoms with E-state index in [-0.39, 0.29) is 12.2 Å². The minimum atomic E-state index is -0.978. The zero-order valence-corrected chi connectivity index (χ0v) is 21.1. The van der Waals surface area contributed by atoms with Gasteiger partial charge in [-0.1, -0.05) is 31.2 Å². The van der Waals surface area contributed by atoms with Crippen LogP contribution in [0.2, 0.25) is 0 Å². The fourth-order valence-electron chi connectivity index (χ4n) is 4.42. The van der Waals surface area contributed by atoms with Gasteiger partial charge in [0.25, 0.3) is 0 Å². The van der Waals surface area contributed by atoms with Gasteiger partial charge in [0.1, 0.15) is 18.1 Å². The topological polar surface area (TPSA) is 116 Å². The number of rotatable bonds is 10. The van der Waals surface area contributed by atoms with Gasteiger partial charge in [-0.25, -0.2) is 19.2 Å². The normalized spacial score (nSPS) is 12.0. The molecule has 8 nitrogen and oxygen atoms in total. The van der Waals surface area contributed by atoms with Crippen molar-refractivity contribution in [3.8, 4) is 11.5 Å². The summed E-state index contributed by atoms with van der Waals surface area (Å²) in [6.45, 7) is 4.13. The van der Waals surface area contributed by atoms with Crippen LogP contribution in [0.4, 0.5) is 16.0 Å². The summed E-state index contributed by atoms with van der Waals surface area (Å²) in [6.07, 6.45) is 2.45. The van der Waals surface area contributed by atoms with Gasteiger partial charge in [0.15, 0.2) is 0 Å². The summed E-state index contributed by atoms with van der Waals surface area (Å²) >= 11 is 0. The zero-order valence-electron chi connectivity index (χ0n) is 21.1. The number of aromatic nitrogens is 3. The van der Waals surface area contributed by atoms with Crippen LogP contribution < -0.4 is 10.6 Å². The number of carbonyl (C=O) groups is 1. The van der Waals surface area contributed by atoms with Gasteiger partial charge in [0, 0.05) is 17.7 Å². The Balaban J connectivity index is 1.24. The third-order valence-electron chi connectivity index (χ3n) is 6.40. The minimum absolute atomic E-state index is 0.258. The molecule has 1 unspecified atom stereocenters. The maximum atomic E-state index is 13.8. The molecule has 0 amide bonds. The van der Waals surface area contributed by atoms with E-state index in [2.05, 4.69) is 25.6 Å². The summed E-state index contributed by atoms with van der Waals surface area (Å²) in [6, 6.07) is 17.2. The molecule has 4 N–H and O–H groups in total. The lowest BCUT2D eigenvalue weighted by Crippen LogP contribution is -2.32. The van der Waals surface area contributed by atoms with Crippen LogP contribution in [-0.4, -0.2) is 32.1 Å². The molecule has 38 heavy (non-hydrogen) atoms. The van der Waals surface area contributed by atoms with E-state index in [1.807, 2.05) is 55.5 Å². The number of anilines is 2. The monoisotopic (exact) mass is 513 g/mol. The Morgan fingerprint density at radius 3 is 2.66 bits per heavy atom. The van der Waals surface area contributed by atoms with Crippen LogP contribution in [0.3, 0.4) is 0 Å². The molecule has 5 aromatic rings. The Labute approximate surface area is 219 Å². The smallest absolute Gasteiger partial charge is 0.326 e. The number of imidazole rings is 1. The highest BCUT2D eigenvalue weighted by Gasteiger charge is 2.21. The van der Waals surface area contributed by atoms with Gasteiger partial charge in [0.05, 0.1) is 23.3 Å². The number of aryl methyl sites for hydroxylation is 2. The number of H-pyrrole nitrogens is 1. The van der Waals surface area contributed by atoms with Gasteiger partial charge in [-0.2, -0.15) is 0 Å². The van der Waals surface area contributed by atoms with E-state index >= 15 is 0 Å². The average molecular weight is 514 g/mol. The maximum absolute atomic E-state index is 13.8. The molecule has 0 bridgehead atoms. The van der Waals surface area contributed by atoms with Gasteiger partial charge in [-0.3, -0.25) is 0 Å². The van der Waals surface area contributed by atoms with Crippen LogP contribution >= 0.6 is 0 Å². The van der Waals surface area contributed by atoms with E-state index in [9.17, 15) is 14.3 Å². The number of carboxylic acids is 1. The van der Waals surface area contributed by atoms with Crippen LogP contribution in [0.25, 0.3) is 22.5 Å². The van der Waals surface area contributed by atoms with E-state index in [0.717, 1.165) is 33.4 Å². The maximum Gasteiger partial charge on any atom is 0.326 e. The molecule has 0 radical (unpaired) electrons. The molecule has 0 aliphatic heterocycles. The van der Waals surface area contributed by atoms with E-state index in [0.29, 0.717) is 36.1 Å². The molecule has 2 aromatic heterocycles. The fourth-order valence-corrected chi connectivity index (χ4v) is 4.42. The van der Waals surface area contributed by atoms with Gasteiger partial charge in [0.2, 0.25) is 11.8 Å². The number of fused-ring (bicyclic) bond motifs is 1. The van der Waals surface area contributed by atoms with Crippen LogP contribution in [0.1, 0.15) is 29.3 Å². The molecule has 5 rings (SSSR count). The van der Waals surface area contributed by atoms with E-state index in [1.165, 1.54) is 12.1 Å². The highest BCUT2D eigenvalue weighted by atomic mass is 19.1. The molecule has 0 saturated carbocycles. The van der Waals surface area contributed by atoms with Crippen molar-refractivity contribution in [3.63, 3.8) is 0 Å². The minimum Gasteiger partial charge on any atom is -0.480 e. The lowest BCUT2D eigenvalue weighted by molar-refractivity contribution is -0.137. The number of halogens is 1. The second kappa shape index (κ2) is 10.8. The van der Waals surface area contributed by atoms with Crippen LogP contribution in [0, 0.1) is 12.7 Å². The van der Waals surface area contributed by atoms with Crippen molar-refractivity contribution < 1.29 is 18.7 Å². The van der Waals surface area contributed by atoms with Gasteiger partial charge in [-0.05, 0) is 66.4 Å². The molecule has 0 spiro atoms. The van der Waals surface area contributed by atoms with Crippen molar-refractivity contribution in [3.05, 3.63) is 95.1 Å². The van der Waals surface area contributed by atoms with Gasteiger partial charge in [-0.15, -0.1) is 0 Å². The summed E-state index contributed by atoms with van der Waals surface area (Å²) < 4.78 is 19.5. The quantitative estimate of drug-likeness (QED) is 0.182. The van der Waals surface area contributed by atoms with Crippen molar-refractivity contribution in [1.29, 1.82) is 0 Å². The van der Waals surface area contributed by atoms with Gasteiger partial charge < -0.3 is 25.1 Å². The molecule has 2 heterocycles. The summed E-state index contributed by atoms with van der Waals surface area (Å²) in [5.41, 5.74) is 6.28. The van der Waals surface area contributed by atoms with Crippen molar-refractivity contribution in [2.45, 2.75) is 39.3 Å². The summed E-state index contributed by atoms with van der Waals surface area (Å²) in [5, 5.41) is 16.2. The third-order valence-corrected chi connectivity index (χ3v) is 6.40. The predicted molar refractivity (Wildman–Crippen MR) is 145 cm³/mol. The molecule has 0 aliphatic rings. The first kappa shape index (κ1) is 25.0. The van der Waals surface area contributed by atoms with Crippen molar-refractivity contribution >= 4 is 28.6 Å². The highest BCUT2D eigenvalue weighted by molar-refractivity contribution is 5.79. The fraction of sp³-hybridized carbons (Fsp3) is 0.207. The molecule has 0 aliphatic carbocycles. The molecule has 194 valence electrons. The molecule has 1 atom stereocenters. The molecule has 3 aromatic carbocycles. The first-order valence-electron chi connectivity index (χ1n) is 12.4. The summed E-state index contributed by atoms with van der Waals surface area (Å²) in [7, 11) is 0. The Kier molecular flexibility index (Phi) is 7.08. The van der Waals surface area contributed by atoms with Crippen LogP contribution in [0.15, 0.2) is 71.3 Å². The van der Waals surface area contributed by atoms with Crippen molar-refractivity contribution in [1.82, 2.24) is 15.0 Å². The molecule has 0 saturated heterocycles. The third kappa shape index (κ3) is 5.51. The summed E-state index contributed by atoms with van der Waals surface area (Å²) in [5.74, 6) is -0.175.